The summed E-state index contributed by atoms with van der Waals surface area (Å²) < 4.78 is 33.5. The van der Waals surface area contributed by atoms with Crippen molar-refractivity contribution in [2.45, 2.75) is 142 Å². The summed E-state index contributed by atoms with van der Waals surface area (Å²) in [7, 11) is 0. The van der Waals surface area contributed by atoms with Crippen LogP contribution in [0.15, 0.2) is 36.7 Å². The standard InChI is InChI=1S/C33H52F2N2O/c1-3-5-7-8-9-10-11-12-13-15-16-28-18-20-29(21-19-28)33-36-26-32(27-37-33)38-25-24-31(35)23-22-30(34)17-14-6-4-2/h18-21,26-27,30-31H,3-17,22-25H2,1-2H3. The largest absolute Gasteiger partial charge is 0.490 e. The van der Waals surface area contributed by atoms with Gasteiger partial charge in [0.2, 0.25) is 0 Å². The number of hydrogen-bond donors (Lipinski definition) is 0. The molecule has 0 fully saturated rings. The zero-order valence-corrected chi connectivity index (χ0v) is 24.1. The van der Waals surface area contributed by atoms with E-state index in [1.807, 2.05) is 0 Å². The van der Waals surface area contributed by atoms with Crippen molar-refractivity contribution < 1.29 is 13.5 Å². The summed E-state index contributed by atoms with van der Waals surface area (Å²) in [5.41, 5.74) is 2.33. The molecule has 0 aliphatic rings. The van der Waals surface area contributed by atoms with E-state index in [0.717, 1.165) is 31.2 Å². The van der Waals surface area contributed by atoms with Gasteiger partial charge in [-0.25, -0.2) is 18.7 Å². The molecule has 38 heavy (non-hydrogen) atoms. The minimum absolute atomic E-state index is 0.240. The topological polar surface area (TPSA) is 35.0 Å². The minimum Gasteiger partial charge on any atom is -0.490 e. The van der Waals surface area contributed by atoms with E-state index < -0.39 is 12.3 Å². The zero-order chi connectivity index (χ0) is 27.3. The van der Waals surface area contributed by atoms with Crippen LogP contribution < -0.4 is 4.74 Å². The van der Waals surface area contributed by atoms with Crippen molar-refractivity contribution in [1.29, 1.82) is 0 Å². The van der Waals surface area contributed by atoms with Gasteiger partial charge < -0.3 is 4.74 Å². The van der Waals surface area contributed by atoms with E-state index >= 15 is 0 Å². The molecule has 0 amide bonds. The van der Waals surface area contributed by atoms with Crippen LogP contribution in [0.3, 0.4) is 0 Å². The number of hydrogen-bond acceptors (Lipinski definition) is 3. The number of ether oxygens (including phenoxy) is 1. The van der Waals surface area contributed by atoms with Crippen molar-refractivity contribution in [3.8, 4) is 17.1 Å². The van der Waals surface area contributed by atoms with Crippen molar-refractivity contribution in [3.63, 3.8) is 0 Å². The lowest BCUT2D eigenvalue weighted by atomic mass is 10.0. The van der Waals surface area contributed by atoms with Crippen molar-refractivity contribution in [2.24, 2.45) is 0 Å². The third kappa shape index (κ3) is 14.8. The van der Waals surface area contributed by atoms with Crippen molar-refractivity contribution in [3.05, 3.63) is 42.2 Å². The monoisotopic (exact) mass is 530 g/mol. The van der Waals surface area contributed by atoms with Crippen LogP contribution in [0.1, 0.15) is 129 Å². The van der Waals surface area contributed by atoms with Crippen molar-refractivity contribution >= 4 is 0 Å². The number of unbranched alkanes of at least 4 members (excludes halogenated alkanes) is 11. The fraction of sp³-hybridized carbons (Fsp3) is 0.697. The first-order valence-electron chi connectivity index (χ1n) is 15.4. The molecule has 0 saturated heterocycles. The quantitative estimate of drug-likeness (QED) is 0.134. The Morgan fingerprint density at radius 3 is 1.76 bits per heavy atom. The van der Waals surface area contributed by atoms with Gasteiger partial charge in [0.05, 0.1) is 19.0 Å². The van der Waals surface area contributed by atoms with Crippen LogP contribution in [0.5, 0.6) is 5.75 Å². The highest BCUT2D eigenvalue weighted by Crippen LogP contribution is 2.20. The Morgan fingerprint density at radius 1 is 0.632 bits per heavy atom. The summed E-state index contributed by atoms with van der Waals surface area (Å²) in [5, 5.41) is 0. The Hall–Kier alpha value is -2.04. The third-order valence-corrected chi connectivity index (χ3v) is 7.27. The average Bonchev–Trinajstić information content (AvgIpc) is 2.94. The van der Waals surface area contributed by atoms with Gasteiger partial charge in [-0.2, -0.15) is 0 Å². The van der Waals surface area contributed by atoms with Crippen LogP contribution in [0, 0.1) is 0 Å². The number of halogens is 2. The Kier molecular flexibility index (Phi) is 17.7. The molecule has 2 rings (SSSR count). The molecule has 1 heterocycles. The van der Waals surface area contributed by atoms with Gasteiger partial charge in [-0.3, -0.25) is 0 Å². The van der Waals surface area contributed by atoms with E-state index in [9.17, 15) is 8.78 Å². The molecule has 0 bridgehead atoms. The Morgan fingerprint density at radius 2 is 1.16 bits per heavy atom. The summed E-state index contributed by atoms with van der Waals surface area (Å²) in [5.74, 6) is 1.18. The molecule has 214 valence electrons. The highest BCUT2D eigenvalue weighted by Gasteiger charge is 2.12. The molecule has 0 aliphatic heterocycles. The Labute approximate surface area is 231 Å². The van der Waals surface area contributed by atoms with Crippen LogP contribution in [-0.2, 0) is 6.42 Å². The van der Waals surface area contributed by atoms with Crippen LogP contribution in [0.2, 0.25) is 0 Å². The van der Waals surface area contributed by atoms with Gasteiger partial charge in [-0.1, -0.05) is 115 Å². The highest BCUT2D eigenvalue weighted by atomic mass is 19.1. The maximum Gasteiger partial charge on any atom is 0.159 e. The van der Waals surface area contributed by atoms with Crippen LogP contribution in [-0.4, -0.2) is 28.9 Å². The predicted molar refractivity (Wildman–Crippen MR) is 156 cm³/mol. The first kappa shape index (κ1) is 32.2. The predicted octanol–water partition coefficient (Wildman–Crippen LogP) is 10.4. The second-order valence-corrected chi connectivity index (χ2v) is 10.8. The molecule has 5 heteroatoms. The van der Waals surface area contributed by atoms with Gasteiger partial charge in [0.1, 0.15) is 12.3 Å². The minimum atomic E-state index is -1.04. The van der Waals surface area contributed by atoms with Gasteiger partial charge in [-0.15, -0.1) is 0 Å². The molecular weight excluding hydrogens is 478 g/mol. The molecule has 2 unspecified atom stereocenters. The highest BCUT2D eigenvalue weighted by molar-refractivity contribution is 5.55. The van der Waals surface area contributed by atoms with Crippen molar-refractivity contribution in [2.75, 3.05) is 6.61 Å². The maximum atomic E-state index is 14.1. The Bertz CT molecular complexity index is 813. The SMILES string of the molecule is CCCCCCCCCCCCc1ccc(-c2ncc(OCCC(F)CCC(F)CCCCC)cn2)cc1. The second-order valence-electron chi connectivity index (χ2n) is 10.8. The lowest BCUT2D eigenvalue weighted by molar-refractivity contribution is 0.199. The maximum absolute atomic E-state index is 14.1. The number of aryl methyl sites for hydroxylation is 1. The first-order valence-corrected chi connectivity index (χ1v) is 15.4. The van der Waals surface area contributed by atoms with Crippen LogP contribution in [0.4, 0.5) is 8.78 Å². The smallest absolute Gasteiger partial charge is 0.159 e. The van der Waals surface area contributed by atoms with Gasteiger partial charge in [0.15, 0.2) is 11.6 Å². The lowest BCUT2D eigenvalue weighted by Crippen LogP contribution is -2.11. The molecule has 0 spiro atoms. The molecule has 2 aromatic rings. The second kappa shape index (κ2) is 20.9. The van der Waals surface area contributed by atoms with E-state index in [-0.39, 0.29) is 19.4 Å². The zero-order valence-electron chi connectivity index (χ0n) is 24.1. The number of rotatable bonds is 23. The lowest BCUT2D eigenvalue weighted by Gasteiger charge is -2.12. The van der Waals surface area contributed by atoms with Gasteiger partial charge in [0, 0.05) is 12.0 Å². The summed E-state index contributed by atoms with van der Waals surface area (Å²) >= 11 is 0. The molecule has 0 aliphatic carbocycles. The van der Waals surface area contributed by atoms with Gasteiger partial charge in [0.25, 0.3) is 0 Å². The Balaban J connectivity index is 1.59. The van der Waals surface area contributed by atoms with Crippen LogP contribution in [0.25, 0.3) is 11.4 Å². The van der Waals surface area contributed by atoms with E-state index in [1.165, 1.54) is 69.8 Å². The fourth-order valence-electron chi connectivity index (χ4n) is 4.75. The van der Waals surface area contributed by atoms with Gasteiger partial charge in [-0.05, 0) is 37.7 Å². The number of benzene rings is 1. The first-order chi connectivity index (χ1) is 18.6. The molecule has 1 aromatic carbocycles. The molecule has 1 aromatic heterocycles. The molecule has 0 N–H and O–H groups in total. The van der Waals surface area contributed by atoms with Crippen molar-refractivity contribution in [1.82, 2.24) is 9.97 Å². The summed E-state index contributed by atoms with van der Waals surface area (Å²) in [6, 6.07) is 8.50. The number of aromatic nitrogens is 2. The van der Waals surface area contributed by atoms with E-state index in [1.54, 1.807) is 12.4 Å². The molecular formula is C33H52F2N2O. The van der Waals surface area contributed by atoms with E-state index in [0.29, 0.717) is 24.4 Å². The normalized spacial score (nSPS) is 12.9. The molecule has 3 nitrogen and oxygen atoms in total. The third-order valence-electron chi connectivity index (χ3n) is 7.27. The van der Waals surface area contributed by atoms with Gasteiger partial charge >= 0.3 is 0 Å². The summed E-state index contributed by atoms with van der Waals surface area (Å²) in [6.45, 7) is 4.61. The van der Waals surface area contributed by atoms with Crippen LogP contribution >= 0.6 is 0 Å². The molecule has 0 saturated carbocycles. The van der Waals surface area contributed by atoms with E-state index in [4.69, 9.17) is 4.74 Å². The fourth-order valence-corrected chi connectivity index (χ4v) is 4.75. The summed E-state index contributed by atoms with van der Waals surface area (Å²) in [4.78, 5) is 8.84. The number of alkyl halides is 2. The molecule has 0 radical (unpaired) electrons. The molecule has 2 atom stereocenters. The average molecular weight is 531 g/mol. The van der Waals surface area contributed by atoms with E-state index in [2.05, 4.69) is 48.1 Å². The number of nitrogens with zero attached hydrogens (tertiary/aromatic N) is 2. The summed E-state index contributed by atoms with van der Waals surface area (Å²) in [6.07, 6.45) is 20.4.